The Morgan fingerprint density at radius 2 is 1.87 bits per heavy atom. The molecule has 0 bridgehead atoms. The average Bonchev–Trinajstić information content (AvgIpc) is 2.31. The molecule has 0 saturated carbocycles. The Balaban J connectivity index is 2.29. The zero-order valence-electron chi connectivity index (χ0n) is 7.92. The SMILES string of the molecule is N#Cc1ncccc1Oc1ccccc1. The first-order valence-corrected chi connectivity index (χ1v) is 4.48. The molecule has 0 fully saturated rings. The van der Waals surface area contributed by atoms with Crippen LogP contribution < -0.4 is 4.74 Å². The number of aromatic nitrogens is 1. The van der Waals surface area contributed by atoms with Gasteiger partial charge in [0.25, 0.3) is 0 Å². The van der Waals surface area contributed by atoms with Gasteiger partial charge in [-0.3, -0.25) is 0 Å². The number of hydrogen-bond donors (Lipinski definition) is 0. The van der Waals surface area contributed by atoms with Crippen molar-refractivity contribution in [1.29, 1.82) is 5.26 Å². The van der Waals surface area contributed by atoms with Gasteiger partial charge in [-0.2, -0.15) is 5.26 Å². The van der Waals surface area contributed by atoms with E-state index in [1.807, 2.05) is 36.4 Å². The summed E-state index contributed by atoms with van der Waals surface area (Å²) < 4.78 is 5.52. The van der Waals surface area contributed by atoms with Crippen LogP contribution in [0.1, 0.15) is 5.69 Å². The van der Waals surface area contributed by atoms with E-state index in [-0.39, 0.29) is 0 Å². The predicted molar refractivity (Wildman–Crippen MR) is 55.5 cm³/mol. The molecule has 1 aromatic heterocycles. The Bertz CT molecular complexity index is 488. The number of benzene rings is 1. The van der Waals surface area contributed by atoms with Crippen LogP contribution in [0.15, 0.2) is 48.7 Å². The summed E-state index contributed by atoms with van der Waals surface area (Å²) in [5.74, 6) is 1.17. The molecule has 3 nitrogen and oxygen atoms in total. The Labute approximate surface area is 87.6 Å². The smallest absolute Gasteiger partial charge is 0.183 e. The molecule has 3 heteroatoms. The zero-order chi connectivity index (χ0) is 10.5. The maximum Gasteiger partial charge on any atom is 0.183 e. The lowest BCUT2D eigenvalue weighted by molar-refractivity contribution is 0.478. The van der Waals surface area contributed by atoms with Gasteiger partial charge >= 0.3 is 0 Å². The molecule has 0 atom stereocenters. The molecule has 0 unspecified atom stereocenters. The van der Waals surface area contributed by atoms with E-state index in [1.165, 1.54) is 0 Å². The highest BCUT2D eigenvalue weighted by molar-refractivity contribution is 5.39. The molecule has 2 aromatic rings. The molecule has 1 heterocycles. The number of para-hydroxylation sites is 1. The first-order chi connectivity index (χ1) is 7.40. The standard InChI is InChI=1S/C12H8N2O/c13-9-11-12(7-4-8-14-11)15-10-5-2-1-3-6-10/h1-8H. The lowest BCUT2D eigenvalue weighted by Gasteiger charge is -2.05. The van der Waals surface area contributed by atoms with E-state index in [0.29, 0.717) is 17.2 Å². The second-order valence-corrected chi connectivity index (χ2v) is 2.88. The molecule has 0 aliphatic heterocycles. The molecule has 72 valence electrons. The molecular formula is C12H8N2O. The van der Waals surface area contributed by atoms with Crippen molar-refractivity contribution in [2.24, 2.45) is 0 Å². The minimum Gasteiger partial charge on any atom is -0.454 e. The first kappa shape index (κ1) is 9.22. The van der Waals surface area contributed by atoms with E-state index in [0.717, 1.165) is 0 Å². The molecule has 0 N–H and O–H groups in total. The largest absolute Gasteiger partial charge is 0.454 e. The zero-order valence-corrected chi connectivity index (χ0v) is 7.92. The summed E-state index contributed by atoms with van der Waals surface area (Å²) in [7, 11) is 0. The minimum atomic E-state index is 0.293. The third-order valence-corrected chi connectivity index (χ3v) is 1.85. The molecule has 0 amide bonds. The Morgan fingerprint density at radius 1 is 1.07 bits per heavy atom. The molecular weight excluding hydrogens is 188 g/mol. The van der Waals surface area contributed by atoms with Crippen molar-refractivity contribution in [3.05, 3.63) is 54.4 Å². The topological polar surface area (TPSA) is 45.9 Å². The van der Waals surface area contributed by atoms with Crippen LogP contribution in [0, 0.1) is 11.3 Å². The van der Waals surface area contributed by atoms with Crippen molar-refractivity contribution in [1.82, 2.24) is 4.98 Å². The summed E-state index contributed by atoms with van der Waals surface area (Å²) >= 11 is 0. The van der Waals surface area contributed by atoms with E-state index >= 15 is 0 Å². The highest BCUT2D eigenvalue weighted by Crippen LogP contribution is 2.22. The van der Waals surface area contributed by atoms with Crippen molar-refractivity contribution < 1.29 is 4.74 Å². The molecule has 0 radical (unpaired) electrons. The molecule has 1 aromatic carbocycles. The van der Waals surface area contributed by atoms with E-state index in [1.54, 1.807) is 18.3 Å². The van der Waals surface area contributed by atoms with Crippen LogP contribution in [-0.2, 0) is 0 Å². The van der Waals surface area contributed by atoms with Gasteiger partial charge in [-0.15, -0.1) is 0 Å². The van der Waals surface area contributed by atoms with Gasteiger partial charge in [-0.25, -0.2) is 4.98 Å². The minimum absolute atomic E-state index is 0.293. The second kappa shape index (κ2) is 4.25. The third-order valence-electron chi connectivity index (χ3n) is 1.85. The fraction of sp³-hybridized carbons (Fsp3) is 0. The van der Waals surface area contributed by atoms with Crippen LogP contribution in [0.3, 0.4) is 0 Å². The van der Waals surface area contributed by atoms with E-state index in [2.05, 4.69) is 4.98 Å². The van der Waals surface area contributed by atoms with Crippen LogP contribution in [0.2, 0.25) is 0 Å². The van der Waals surface area contributed by atoms with Gasteiger partial charge < -0.3 is 4.74 Å². The molecule has 0 spiro atoms. The normalized spacial score (nSPS) is 9.27. The number of nitrogens with zero attached hydrogens (tertiary/aromatic N) is 2. The number of pyridine rings is 1. The van der Waals surface area contributed by atoms with Crippen molar-refractivity contribution >= 4 is 0 Å². The van der Waals surface area contributed by atoms with Crippen LogP contribution in [0.25, 0.3) is 0 Å². The van der Waals surface area contributed by atoms with Crippen molar-refractivity contribution in [3.8, 4) is 17.6 Å². The summed E-state index contributed by atoms with van der Waals surface area (Å²) in [5.41, 5.74) is 0.293. The van der Waals surface area contributed by atoms with Gasteiger partial charge in [0.1, 0.15) is 11.8 Å². The van der Waals surface area contributed by atoms with Gasteiger partial charge in [0, 0.05) is 6.20 Å². The molecule has 0 saturated heterocycles. The maximum absolute atomic E-state index is 8.80. The fourth-order valence-corrected chi connectivity index (χ4v) is 1.17. The summed E-state index contributed by atoms with van der Waals surface area (Å²) in [6.07, 6.45) is 1.57. The van der Waals surface area contributed by atoms with Gasteiger partial charge in [-0.05, 0) is 24.3 Å². The number of rotatable bonds is 2. The van der Waals surface area contributed by atoms with Crippen LogP contribution in [-0.4, -0.2) is 4.98 Å². The monoisotopic (exact) mass is 196 g/mol. The van der Waals surface area contributed by atoms with E-state index in [9.17, 15) is 0 Å². The molecule has 0 aliphatic rings. The summed E-state index contributed by atoms with van der Waals surface area (Å²) in [6.45, 7) is 0. The second-order valence-electron chi connectivity index (χ2n) is 2.88. The quantitative estimate of drug-likeness (QED) is 0.741. The van der Waals surface area contributed by atoms with E-state index in [4.69, 9.17) is 10.00 Å². The summed E-state index contributed by atoms with van der Waals surface area (Å²) in [5, 5.41) is 8.80. The third kappa shape index (κ3) is 2.12. The van der Waals surface area contributed by atoms with Crippen LogP contribution in [0.5, 0.6) is 11.5 Å². The lowest BCUT2D eigenvalue weighted by atomic mass is 10.3. The Hall–Kier alpha value is -2.34. The first-order valence-electron chi connectivity index (χ1n) is 4.48. The van der Waals surface area contributed by atoms with Crippen molar-refractivity contribution in [2.75, 3.05) is 0 Å². The van der Waals surface area contributed by atoms with Gasteiger partial charge in [0.15, 0.2) is 11.4 Å². The van der Waals surface area contributed by atoms with Crippen molar-refractivity contribution in [2.45, 2.75) is 0 Å². The number of ether oxygens (including phenoxy) is 1. The van der Waals surface area contributed by atoms with E-state index < -0.39 is 0 Å². The van der Waals surface area contributed by atoms with Gasteiger partial charge in [0.05, 0.1) is 0 Å². The van der Waals surface area contributed by atoms with Gasteiger partial charge in [-0.1, -0.05) is 18.2 Å². The lowest BCUT2D eigenvalue weighted by Crippen LogP contribution is -1.89. The molecule has 0 aliphatic carbocycles. The van der Waals surface area contributed by atoms with Gasteiger partial charge in [0.2, 0.25) is 0 Å². The maximum atomic E-state index is 8.80. The Kier molecular flexibility index (Phi) is 2.61. The summed E-state index contributed by atoms with van der Waals surface area (Å²) in [6, 6.07) is 14.7. The predicted octanol–water partition coefficient (Wildman–Crippen LogP) is 2.75. The number of nitriles is 1. The summed E-state index contributed by atoms with van der Waals surface area (Å²) in [4.78, 5) is 3.91. The highest BCUT2D eigenvalue weighted by Gasteiger charge is 2.03. The van der Waals surface area contributed by atoms with Crippen LogP contribution >= 0.6 is 0 Å². The molecule has 2 rings (SSSR count). The van der Waals surface area contributed by atoms with Crippen molar-refractivity contribution in [3.63, 3.8) is 0 Å². The average molecular weight is 196 g/mol. The number of hydrogen-bond acceptors (Lipinski definition) is 3. The fourth-order valence-electron chi connectivity index (χ4n) is 1.17. The van der Waals surface area contributed by atoms with Crippen LogP contribution in [0.4, 0.5) is 0 Å². The highest BCUT2D eigenvalue weighted by atomic mass is 16.5. The molecule has 15 heavy (non-hydrogen) atoms. The Morgan fingerprint density at radius 3 is 2.60 bits per heavy atom.